The van der Waals surface area contributed by atoms with E-state index in [-0.39, 0.29) is 11.7 Å². The van der Waals surface area contributed by atoms with Crippen molar-refractivity contribution >= 4 is 23.3 Å². The van der Waals surface area contributed by atoms with Crippen molar-refractivity contribution < 1.29 is 32.3 Å². The largest absolute Gasteiger partial charge is 0.490 e. The number of anilines is 2. The Balaban J connectivity index is 0.000000532. The van der Waals surface area contributed by atoms with E-state index in [0.717, 1.165) is 44.8 Å². The molecule has 7 nitrogen and oxygen atoms in total. The van der Waals surface area contributed by atoms with Gasteiger partial charge in [0.25, 0.3) is 5.91 Å². The molecule has 39 heavy (non-hydrogen) atoms. The van der Waals surface area contributed by atoms with Gasteiger partial charge in [0.1, 0.15) is 5.82 Å². The highest BCUT2D eigenvalue weighted by atomic mass is 19.4. The summed E-state index contributed by atoms with van der Waals surface area (Å²) in [5.74, 6) is -3.38. The van der Waals surface area contributed by atoms with Crippen molar-refractivity contribution in [3.63, 3.8) is 0 Å². The van der Waals surface area contributed by atoms with E-state index < -0.39 is 12.1 Å². The molecule has 0 atom stereocenters. The summed E-state index contributed by atoms with van der Waals surface area (Å²) >= 11 is 0. The number of carboxylic acids is 1. The van der Waals surface area contributed by atoms with Crippen LogP contribution in [0.15, 0.2) is 72.8 Å². The van der Waals surface area contributed by atoms with Crippen LogP contribution in [-0.2, 0) is 11.3 Å². The molecule has 4 rings (SSSR count). The minimum absolute atomic E-state index is 0.258. The zero-order valence-electron chi connectivity index (χ0n) is 20.8. The van der Waals surface area contributed by atoms with Crippen molar-refractivity contribution in [1.82, 2.24) is 4.90 Å². The van der Waals surface area contributed by atoms with Gasteiger partial charge >= 0.3 is 12.1 Å². The van der Waals surface area contributed by atoms with Crippen LogP contribution < -0.4 is 10.2 Å². The Hall–Kier alpha value is -4.43. The SMILES string of the molecule is N#Cc1ccc(CN2CCCN(c3ccc(NC(=O)c4ccc(F)cc4)cc3)CC2)cc1.O=C(O)C(F)(F)F. The molecular formula is C28H26F4N4O3. The van der Waals surface area contributed by atoms with Crippen LogP contribution in [0.5, 0.6) is 0 Å². The van der Waals surface area contributed by atoms with Gasteiger partial charge in [-0.05, 0) is 72.6 Å². The third kappa shape index (κ3) is 9.12. The zero-order valence-corrected chi connectivity index (χ0v) is 20.8. The number of halogens is 4. The second-order valence-corrected chi connectivity index (χ2v) is 8.74. The van der Waals surface area contributed by atoms with Crippen molar-refractivity contribution in [2.45, 2.75) is 19.1 Å². The number of nitrogens with zero attached hydrogens (tertiary/aromatic N) is 3. The van der Waals surface area contributed by atoms with Gasteiger partial charge in [-0.2, -0.15) is 18.4 Å². The maximum absolute atomic E-state index is 13.0. The molecule has 0 spiro atoms. The molecule has 204 valence electrons. The second-order valence-electron chi connectivity index (χ2n) is 8.74. The van der Waals surface area contributed by atoms with Crippen LogP contribution in [0.3, 0.4) is 0 Å². The number of rotatable bonds is 5. The molecule has 2 N–H and O–H groups in total. The number of carboxylic acid groups (broad SMARTS) is 1. The van der Waals surface area contributed by atoms with Gasteiger partial charge in [-0.15, -0.1) is 0 Å². The molecule has 1 amide bonds. The smallest absolute Gasteiger partial charge is 0.475 e. The van der Waals surface area contributed by atoms with Crippen LogP contribution in [0.25, 0.3) is 0 Å². The lowest BCUT2D eigenvalue weighted by Crippen LogP contribution is -2.30. The number of nitrogens with one attached hydrogen (secondary N) is 1. The molecule has 0 saturated carbocycles. The number of benzene rings is 3. The predicted molar refractivity (Wildman–Crippen MR) is 138 cm³/mol. The molecule has 1 fully saturated rings. The molecule has 11 heteroatoms. The number of carbonyl (C=O) groups is 2. The summed E-state index contributed by atoms with van der Waals surface area (Å²) in [5, 5.41) is 18.9. The summed E-state index contributed by atoms with van der Waals surface area (Å²) in [6, 6.07) is 23.3. The van der Waals surface area contributed by atoms with Gasteiger partial charge in [-0.25, -0.2) is 9.18 Å². The van der Waals surface area contributed by atoms with E-state index in [9.17, 15) is 22.4 Å². The molecule has 1 heterocycles. The Kier molecular flexibility index (Phi) is 10.0. The topological polar surface area (TPSA) is 96.7 Å². The highest BCUT2D eigenvalue weighted by Crippen LogP contribution is 2.21. The van der Waals surface area contributed by atoms with Gasteiger partial charge < -0.3 is 15.3 Å². The van der Waals surface area contributed by atoms with Gasteiger partial charge in [0, 0.05) is 49.7 Å². The molecule has 3 aromatic rings. The van der Waals surface area contributed by atoms with E-state index in [1.807, 2.05) is 48.5 Å². The van der Waals surface area contributed by atoms with Crippen molar-refractivity contribution in [2.24, 2.45) is 0 Å². The first-order valence-electron chi connectivity index (χ1n) is 12.0. The molecular weight excluding hydrogens is 516 g/mol. The molecule has 1 saturated heterocycles. The zero-order chi connectivity index (χ0) is 28.4. The second kappa shape index (κ2) is 13.4. The fraction of sp³-hybridized carbons (Fsp3) is 0.250. The number of hydrogen-bond donors (Lipinski definition) is 2. The first kappa shape index (κ1) is 29.1. The summed E-state index contributed by atoms with van der Waals surface area (Å²) in [7, 11) is 0. The lowest BCUT2D eigenvalue weighted by atomic mass is 10.1. The quantitative estimate of drug-likeness (QED) is 0.425. The standard InChI is InChI=1S/C26H25FN4O.C2HF3O2/c27-23-8-6-22(7-9-23)26(32)29-24-10-12-25(13-11-24)31-15-1-14-30(16-17-31)19-21-4-2-20(18-28)3-5-21;3-2(4,5)1(6)7/h2-13H,1,14-17,19H2,(H,29,32);(H,6,7). The molecule has 0 aromatic heterocycles. The molecule has 0 aliphatic carbocycles. The van der Waals surface area contributed by atoms with Gasteiger partial charge in [0.2, 0.25) is 0 Å². The first-order valence-corrected chi connectivity index (χ1v) is 12.0. The van der Waals surface area contributed by atoms with E-state index in [2.05, 4.69) is 21.2 Å². The number of aliphatic carboxylic acids is 1. The van der Waals surface area contributed by atoms with Crippen LogP contribution in [0.4, 0.5) is 28.9 Å². The number of amides is 1. The van der Waals surface area contributed by atoms with E-state index in [1.54, 1.807) is 0 Å². The highest BCUT2D eigenvalue weighted by Gasteiger charge is 2.38. The molecule has 1 aliphatic heterocycles. The van der Waals surface area contributed by atoms with Crippen molar-refractivity contribution in [2.75, 3.05) is 36.4 Å². The van der Waals surface area contributed by atoms with Crippen LogP contribution >= 0.6 is 0 Å². The van der Waals surface area contributed by atoms with Gasteiger partial charge in [0.15, 0.2) is 0 Å². The van der Waals surface area contributed by atoms with Crippen molar-refractivity contribution in [3.8, 4) is 6.07 Å². The van der Waals surface area contributed by atoms with Gasteiger partial charge in [0.05, 0.1) is 11.6 Å². The van der Waals surface area contributed by atoms with Crippen LogP contribution in [0.1, 0.15) is 27.9 Å². The Morgan fingerprint density at radius 2 is 1.51 bits per heavy atom. The third-order valence-corrected chi connectivity index (χ3v) is 5.92. The van der Waals surface area contributed by atoms with Crippen LogP contribution in [0, 0.1) is 17.1 Å². The fourth-order valence-electron chi connectivity index (χ4n) is 3.89. The lowest BCUT2D eigenvalue weighted by molar-refractivity contribution is -0.192. The minimum atomic E-state index is -5.08. The molecule has 0 radical (unpaired) electrons. The molecule has 1 aliphatic rings. The minimum Gasteiger partial charge on any atom is -0.475 e. The van der Waals surface area contributed by atoms with Crippen LogP contribution in [0.2, 0.25) is 0 Å². The monoisotopic (exact) mass is 542 g/mol. The summed E-state index contributed by atoms with van der Waals surface area (Å²) in [6.07, 6.45) is -4.01. The molecule has 0 unspecified atom stereocenters. The average Bonchev–Trinajstić information content (AvgIpc) is 3.15. The number of carbonyl (C=O) groups excluding carboxylic acids is 1. The highest BCUT2D eigenvalue weighted by molar-refractivity contribution is 6.04. The number of alkyl halides is 3. The Labute approximate surface area is 222 Å². The van der Waals surface area contributed by atoms with E-state index in [0.29, 0.717) is 16.8 Å². The van der Waals surface area contributed by atoms with E-state index in [4.69, 9.17) is 15.2 Å². The maximum atomic E-state index is 13.0. The van der Waals surface area contributed by atoms with E-state index in [1.165, 1.54) is 29.8 Å². The number of nitriles is 1. The summed E-state index contributed by atoms with van der Waals surface area (Å²) in [5.41, 5.74) is 4.17. The predicted octanol–water partition coefficient (Wildman–Crippen LogP) is 5.30. The Morgan fingerprint density at radius 1 is 0.897 bits per heavy atom. The van der Waals surface area contributed by atoms with Gasteiger partial charge in [-0.1, -0.05) is 12.1 Å². The molecule has 0 bridgehead atoms. The van der Waals surface area contributed by atoms with Crippen LogP contribution in [-0.4, -0.2) is 54.2 Å². The Morgan fingerprint density at radius 3 is 2.08 bits per heavy atom. The third-order valence-electron chi connectivity index (χ3n) is 5.92. The lowest BCUT2D eigenvalue weighted by Gasteiger charge is -2.24. The van der Waals surface area contributed by atoms with Crippen molar-refractivity contribution in [3.05, 3.63) is 95.3 Å². The summed E-state index contributed by atoms with van der Waals surface area (Å²) in [6.45, 7) is 4.78. The van der Waals surface area contributed by atoms with Gasteiger partial charge in [-0.3, -0.25) is 9.69 Å². The number of hydrogen-bond acceptors (Lipinski definition) is 5. The summed E-state index contributed by atoms with van der Waals surface area (Å²) < 4.78 is 44.8. The van der Waals surface area contributed by atoms with Crippen molar-refractivity contribution in [1.29, 1.82) is 5.26 Å². The normalized spacial score (nSPS) is 13.9. The summed E-state index contributed by atoms with van der Waals surface area (Å²) in [4.78, 5) is 26.0. The van der Waals surface area contributed by atoms with E-state index >= 15 is 0 Å². The first-order chi connectivity index (χ1) is 18.5. The maximum Gasteiger partial charge on any atom is 0.490 e. The fourth-order valence-corrected chi connectivity index (χ4v) is 3.89. The molecule has 3 aromatic carbocycles. The Bertz CT molecular complexity index is 1290. The average molecular weight is 543 g/mol.